The summed E-state index contributed by atoms with van der Waals surface area (Å²) in [4.78, 5) is 4.35. The third-order valence-corrected chi connectivity index (χ3v) is 3.21. The van der Waals surface area contributed by atoms with Gasteiger partial charge in [0.1, 0.15) is 5.82 Å². The average Bonchev–Trinajstić information content (AvgIpc) is 2.89. The fraction of sp³-hybridized carbons (Fsp3) is 0.429. The van der Waals surface area contributed by atoms with Gasteiger partial charge in [0.15, 0.2) is 5.82 Å². The van der Waals surface area contributed by atoms with E-state index < -0.39 is 11.7 Å². The Bertz CT molecular complexity index is 632. The SMILES string of the molecule is CCc1nc(CC)n(-c2ccc(C(F)(F)F)c(CN)c2)n1. The number of halogens is 3. The average molecular weight is 298 g/mol. The van der Waals surface area contributed by atoms with Crippen LogP contribution in [0.15, 0.2) is 18.2 Å². The maximum absolute atomic E-state index is 12.9. The first kappa shape index (κ1) is 15.5. The highest BCUT2D eigenvalue weighted by molar-refractivity contribution is 5.42. The number of aryl methyl sites for hydroxylation is 2. The first-order chi connectivity index (χ1) is 9.90. The van der Waals surface area contributed by atoms with E-state index in [9.17, 15) is 13.2 Å². The predicted octanol–water partition coefficient (Wildman–Crippen LogP) is 2.87. The molecule has 2 N–H and O–H groups in total. The Morgan fingerprint density at radius 2 is 1.90 bits per heavy atom. The van der Waals surface area contributed by atoms with Gasteiger partial charge in [0.2, 0.25) is 0 Å². The monoisotopic (exact) mass is 298 g/mol. The van der Waals surface area contributed by atoms with E-state index in [-0.39, 0.29) is 12.1 Å². The van der Waals surface area contributed by atoms with Gasteiger partial charge in [0.05, 0.1) is 11.3 Å². The summed E-state index contributed by atoms with van der Waals surface area (Å²) in [6.07, 6.45) is -3.09. The summed E-state index contributed by atoms with van der Waals surface area (Å²) in [5.41, 5.74) is 5.35. The summed E-state index contributed by atoms with van der Waals surface area (Å²) in [5, 5.41) is 4.32. The zero-order valence-electron chi connectivity index (χ0n) is 11.9. The Kier molecular flexibility index (Phi) is 4.32. The van der Waals surface area contributed by atoms with E-state index in [4.69, 9.17) is 5.73 Å². The molecule has 4 nitrogen and oxygen atoms in total. The molecule has 0 aliphatic heterocycles. The molecule has 114 valence electrons. The molecule has 1 heterocycles. The van der Waals surface area contributed by atoms with Gasteiger partial charge in [-0.3, -0.25) is 0 Å². The number of hydrogen-bond acceptors (Lipinski definition) is 3. The lowest BCUT2D eigenvalue weighted by Gasteiger charge is -2.13. The van der Waals surface area contributed by atoms with Gasteiger partial charge >= 0.3 is 6.18 Å². The second-order valence-corrected chi connectivity index (χ2v) is 4.61. The first-order valence-corrected chi connectivity index (χ1v) is 6.76. The molecule has 7 heteroatoms. The van der Waals surface area contributed by atoms with Crippen molar-refractivity contribution in [1.82, 2.24) is 14.8 Å². The first-order valence-electron chi connectivity index (χ1n) is 6.76. The van der Waals surface area contributed by atoms with Gasteiger partial charge in [0.25, 0.3) is 0 Å². The molecule has 0 fully saturated rings. The Balaban J connectivity index is 2.53. The van der Waals surface area contributed by atoms with Crippen LogP contribution < -0.4 is 5.73 Å². The summed E-state index contributed by atoms with van der Waals surface area (Å²) < 4.78 is 40.2. The van der Waals surface area contributed by atoms with Crippen molar-refractivity contribution >= 4 is 0 Å². The van der Waals surface area contributed by atoms with E-state index in [0.29, 0.717) is 24.4 Å². The van der Waals surface area contributed by atoms with Crippen molar-refractivity contribution in [1.29, 1.82) is 0 Å². The third kappa shape index (κ3) is 3.07. The highest BCUT2D eigenvalue weighted by Gasteiger charge is 2.33. The Hall–Kier alpha value is -1.89. The van der Waals surface area contributed by atoms with Crippen LogP contribution in [0.4, 0.5) is 13.2 Å². The van der Waals surface area contributed by atoms with Crippen LogP contribution in [0.2, 0.25) is 0 Å². The minimum Gasteiger partial charge on any atom is -0.326 e. The molecule has 21 heavy (non-hydrogen) atoms. The Morgan fingerprint density at radius 1 is 1.19 bits per heavy atom. The van der Waals surface area contributed by atoms with Crippen molar-refractivity contribution in [3.05, 3.63) is 41.0 Å². The highest BCUT2D eigenvalue weighted by atomic mass is 19.4. The van der Waals surface area contributed by atoms with E-state index >= 15 is 0 Å². The number of hydrogen-bond donors (Lipinski definition) is 1. The molecular weight excluding hydrogens is 281 g/mol. The highest BCUT2D eigenvalue weighted by Crippen LogP contribution is 2.33. The summed E-state index contributed by atoms with van der Waals surface area (Å²) >= 11 is 0. The molecule has 0 aliphatic carbocycles. The standard InChI is InChI=1S/C14H17F3N4/c1-3-12-19-13(4-2)21(20-12)10-5-6-11(14(15,16)17)9(7-10)8-18/h5-7H,3-4,8,18H2,1-2H3. The number of aromatic nitrogens is 3. The molecule has 0 spiro atoms. The lowest BCUT2D eigenvalue weighted by atomic mass is 10.1. The smallest absolute Gasteiger partial charge is 0.326 e. The van der Waals surface area contributed by atoms with E-state index in [2.05, 4.69) is 10.1 Å². The van der Waals surface area contributed by atoms with E-state index in [1.54, 1.807) is 4.68 Å². The minimum atomic E-state index is -4.40. The van der Waals surface area contributed by atoms with E-state index in [1.807, 2.05) is 13.8 Å². The molecule has 0 atom stereocenters. The fourth-order valence-electron chi connectivity index (χ4n) is 2.13. The fourth-order valence-corrected chi connectivity index (χ4v) is 2.13. The van der Waals surface area contributed by atoms with Crippen LogP contribution in [0, 0.1) is 0 Å². The van der Waals surface area contributed by atoms with Gasteiger partial charge in [-0.25, -0.2) is 9.67 Å². The third-order valence-electron chi connectivity index (χ3n) is 3.21. The maximum atomic E-state index is 12.9. The minimum absolute atomic E-state index is 0.0515. The predicted molar refractivity (Wildman–Crippen MR) is 73.0 cm³/mol. The lowest BCUT2D eigenvalue weighted by Crippen LogP contribution is -2.13. The van der Waals surface area contributed by atoms with Crippen LogP contribution in [-0.4, -0.2) is 14.8 Å². The van der Waals surface area contributed by atoms with Crippen LogP contribution in [0.5, 0.6) is 0 Å². The van der Waals surface area contributed by atoms with Crippen molar-refractivity contribution < 1.29 is 13.2 Å². The van der Waals surface area contributed by atoms with Crippen LogP contribution in [0.1, 0.15) is 36.6 Å². The van der Waals surface area contributed by atoms with Crippen LogP contribution in [0.3, 0.4) is 0 Å². The van der Waals surface area contributed by atoms with Crippen molar-refractivity contribution in [2.75, 3.05) is 0 Å². The van der Waals surface area contributed by atoms with Gasteiger partial charge in [0, 0.05) is 19.4 Å². The largest absolute Gasteiger partial charge is 0.416 e. The summed E-state index contributed by atoms with van der Waals surface area (Å²) in [7, 11) is 0. The van der Waals surface area contributed by atoms with Gasteiger partial charge in [-0.15, -0.1) is 0 Å². The van der Waals surface area contributed by atoms with Crippen molar-refractivity contribution in [2.24, 2.45) is 5.73 Å². The molecule has 0 saturated heterocycles. The Labute approximate surface area is 120 Å². The van der Waals surface area contributed by atoms with Crippen LogP contribution in [-0.2, 0) is 25.6 Å². The second kappa shape index (κ2) is 5.85. The molecule has 2 rings (SSSR count). The molecule has 0 saturated carbocycles. The topological polar surface area (TPSA) is 56.7 Å². The van der Waals surface area contributed by atoms with Crippen LogP contribution in [0.25, 0.3) is 5.69 Å². The molecule has 0 unspecified atom stereocenters. The maximum Gasteiger partial charge on any atom is 0.416 e. The van der Waals surface area contributed by atoms with Gasteiger partial charge in [-0.2, -0.15) is 18.3 Å². The quantitative estimate of drug-likeness (QED) is 0.944. The number of nitrogens with two attached hydrogens (primary N) is 1. The number of nitrogens with zero attached hydrogens (tertiary/aromatic N) is 3. The molecule has 1 aromatic carbocycles. The number of alkyl halides is 3. The van der Waals surface area contributed by atoms with Gasteiger partial charge in [-0.05, 0) is 23.8 Å². The van der Waals surface area contributed by atoms with Gasteiger partial charge < -0.3 is 5.73 Å². The molecule has 0 amide bonds. The van der Waals surface area contributed by atoms with Crippen molar-refractivity contribution in [3.8, 4) is 5.69 Å². The zero-order valence-corrected chi connectivity index (χ0v) is 11.9. The Morgan fingerprint density at radius 3 is 2.43 bits per heavy atom. The number of benzene rings is 1. The molecule has 0 aliphatic rings. The van der Waals surface area contributed by atoms with E-state index in [0.717, 1.165) is 11.9 Å². The summed E-state index contributed by atoms with van der Waals surface area (Å²) in [6.45, 7) is 3.67. The van der Waals surface area contributed by atoms with Crippen molar-refractivity contribution in [2.45, 2.75) is 39.4 Å². The van der Waals surface area contributed by atoms with E-state index in [1.165, 1.54) is 12.1 Å². The molecule has 0 bridgehead atoms. The molecule has 2 aromatic rings. The molecule has 0 radical (unpaired) electrons. The summed E-state index contributed by atoms with van der Waals surface area (Å²) in [6, 6.07) is 3.87. The molecular formula is C14H17F3N4. The zero-order chi connectivity index (χ0) is 15.6. The number of rotatable bonds is 4. The molecule has 1 aromatic heterocycles. The van der Waals surface area contributed by atoms with Gasteiger partial charge in [-0.1, -0.05) is 13.8 Å². The van der Waals surface area contributed by atoms with Crippen LogP contribution >= 0.6 is 0 Å². The summed E-state index contributed by atoms with van der Waals surface area (Å²) in [5.74, 6) is 1.38. The lowest BCUT2D eigenvalue weighted by molar-refractivity contribution is -0.138. The second-order valence-electron chi connectivity index (χ2n) is 4.61. The normalized spacial score (nSPS) is 11.9. The van der Waals surface area contributed by atoms with Crippen molar-refractivity contribution in [3.63, 3.8) is 0 Å².